The van der Waals surface area contributed by atoms with Crippen molar-refractivity contribution in [3.05, 3.63) is 35.9 Å². The summed E-state index contributed by atoms with van der Waals surface area (Å²) in [5.74, 6) is 0. The third-order valence-corrected chi connectivity index (χ3v) is 5.75. The van der Waals surface area contributed by atoms with Gasteiger partial charge in [-0.2, -0.15) is 0 Å². The van der Waals surface area contributed by atoms with Gasteiger partial charge in [0.05, 0.1) is 6.10 Å². The molecule has 1 aromatic carbocycles. The lowest BCUT2D eigenvalue weighted by Gasteiger charge is -2.45. The van der Waals surface area contributed by atoms with Gasteiger partial charge in [0.25, 0.3) is 0 Å². The summed E-state index contributed by atoms with van der Waals surface area (Å²) in [4.78, 5) is 2.52. The molecule has 1 heterocycles. The van der Waals surface area contributed by atoms with Crippen LogP contribution in [0.5, 0.6) is 0 Å². The lowest BCUT2D eigenvalue weighted by Crippen LogP contribution is -2.47. The molecular formula is C19H31NO. The summed E-state index contributed by atoms with van der Waals surface area (Å²) in [7, 11) is 0. The molecule has 1 aliphatic rings. The molecule has 2 nitrogen and oxygen atoms in total. The van der Waals surface area contributed by atoms with E-state index < -0.39 is 0 Å². The summed E-state index contributed by atoms with van der Waals surface area (Å²) in [5, 5.41) is 10.7. The molecule has 0 aromatic heterocycles. The number of nitrogens with zero attached hydrogens (tertiary/aromatic N) is 1. The van der Waals surface area contributed by atoms with Gasteiger partial charge in [-0.25, -0.2) is 0 Å². The van der Waals surface area contributed by atoms with Gasteiger partial charge in [-0.1, -0.05) is 63.9 Å². The summed E-state index contributed by atoms with van der Waals surface area (Å²) in [5.41, 5.74) is 1.60. The molecule has 0 aliphatic carbocycles. The zero-order valence-electron chi connectivity index (χ0n) is 13.9. The van der Waals surface area contributed by atoms with Gasteiger partial charge in [0.2, 0.25) is 0 Å². The molecule has 0 bridgehead atoms. The number of rotatable bonds is 6. The lowest BCUT2D eigenvalue weighted by atomic mass is 9.73. The molecule has 0 amide bonds. The molecule has 1 aliphatic heterocycles. The molecule has 2 rings (SSSR count). The van der Waals surface area contributed by atoms with Crippen molar-refractivity contribution < 1.29 is 5.11 Å². The number of likely N-dealkylation sites (tertiary alicyclic amines) is 1. The predicted molar refractivity (Wildman–Crippen MR) is 89.3 cm³/mol. The van der Waals surface area contributed by atoms with Crippen LogP contribution in [0.15, 0.2) is 30.3 Å². The van der Waals surface area contributed by atoms with Crippen LogP contribution >= 0.6 is 0 Å². The monoisotopic (exact) mass is 289 g/mol. The van der Waals surface area contributed by atoms with Gasteiger partial charge >= 0.3 is 0 Å². The average molecular weight is 289 g/mol. The van der Waals surface area contributed by atoms with Gasteiger partial charge in [0.15, 0.2) is 0 Å². The van der Waals surface area contributed by atoms with Crippen LogP contribution in [0.25, 0.3) is 0 Å². The highest BCUT2D eigenvalue weighted by molar-refractivity contribution is 5.19. The fourth-order valence-corrected chi connectivity index (χ4v) is 3.84. The summed E-state index contributed by atoms with van der Waals surface area (Å²) in [6.45, 7) is 9.11. The van der Waals surface area contributed by atoms with E-state index >= 15 is 0 Å². The van der Waals surface area contributed by atoms with Crippen molar-refractivity contribution >= 4 is 0 Å². The Balaban J connectivity index is 2.03. The number of aliphatic hydroxyl groups is 1. The summed E-state index contributed by atoms with van der Waals surface area (Å²) in [6.07, 6.45) is 5.76. The highest BCUT2D eigenvalue weighted by Gasteiger charge is 2.35. The molecule has 2 heteroatoms. The molecule has 1 fully saturated rings. The van der Waals surface area contributed by atoms with Crippen molar-refractivity contribution in [2.45, 2.75) is 65.0 Å². The first-order valence-electron chi connectivity index (χ1n) is 8.63. The summed E-state index contributed by atoms with van der Waals surface area (Å²) >= 11 is 0. The average Bonchev–Trinajstić information content (AvgIpc) is 2.57. The first-order valence-corrected chi connectivity index (χ1v) is 8.63. The molecule has 1 N–H and O–H groups in total. The summed E-state index contributed by atoms with van der Waals surface area (Å²) < 4.78 is 0. The second kappa shape index (κ2) is 7.42. The van der Waals surface area contributed by atoms with E-state index in [9.17, 15) is 5.11 Å². The topological polar surface area (TPSA) is 23.5 Å². The maximum Gasteiger partial charge on any atom is 0.0945 e. The van der Waals surface area contributed by atoms with E-state index in [-0.39, 0.29) is 12.1 Å². The van der Waals surface area contributed by atoms with Gasteiger partial charge in [-0.05, 0) is 43.3 Å². The summed E-state index contributed by atoms with van der Waals surface area (Å²) in [6, 6.07) is 10.4. The third-order valence-electron chi connectivity index (χ3n) is 5.75. The van der Waals surface area contributed by atoms with Gasteiger partial charge in [-0.15, -0.1) is 0 Å². The SMILES string of the molecule is CCC(C(O)c1ccccc1)N1CCC(CC)(CC)CC1. The Morgan fingerprint density at radius 2 is 1.62 bits per heavy atom. The molecule has 118 valence electrons. The highest BCUT2D eigenvalue weighted by Crippen LogP contribution is 2.39. The molecule has 21 heavy (non-hydrogen) atoms. The van der Waals surface area contributed by atoms with E-state index in [1.54, 1.807) is 0 Å². The van der Waals surface area contributed by atoms with Crippen LogP contribution in [0.3, 0.4) is 0 Å². The largest absolute Gasteiger partial charge is 0.387 e. The normalized spacial score (nSPS) is 21.9. The van der Waals surface area contributed by atoms with Crippen LogP contribution in [0.1, 0.15) is 64.5 Å². The van der Waals surface area contributed by atoms with E-state index in [1.807, 2.05) is 30.3 Å². The first kappa shape index (κ1) is 16.5. The number of aliphatic hydroxyl groups excluding tert-OH is 1. The Labute approximate surface area is 130 Å². The standard InChI is InChI=1S/C19H31NO/c1-4-17(18(21)16-10-8-7-9-11-16)20-14-12-19(5-2,6-3)13-15-20/h7-11,17-18,21H,4-6,12-15H2,1-3H3. The molecule has 2 atom stereocenters. The number of piperidine rings is 1. The Bertz CT molecular complexity index is 403. The van der Waals surface area contributed by atoms with Crippen molar-refractivity contribution in [3.63, 3.8) is 0 Å². The van der Waals surface area contributed by atoms with E-state index in [1.165, 1.54) is 25.7 Å². The van der Waals surface area contributed by atoms with Crippen molar-refractivity contribution in [1.82, 2.24) is 4.90 Å². The number of hydrogen-bond acceptors (Lipinski definition) is 2. The molecule has 1 saturated heterocycles. The van der Waals surface area contributed by atoms with Crippen molar-refractivity contribution in [2.24, 2.45) is 5.41 Å². The quantitative estimate of drug-likeness (QED) is 0.839. The molecule has 1 aromatic rings. The van der Waals surface area contributed by atoms with Crippen molar-refractivity contribution in [1.29, 1.82) is 0 Å². The zero-order valence-corrected chi connectivity index (χ0v) is 13.9. The Morgan fingerprint density at radius 3 is 2.10 bits per heavy atom. The number of benzene rings is 1. The second-order valence-corrected chi connectivity index (χ2v) is 6.57. The molecule has 0 radical (unpaired) electrons. The Morgan fingerprint density at radius 1 is 1.05 bits per heavy atom. The van der Waals surface area contributed by atoms with Gasteiger partial charge in [0.1, 0.15) is 0 Å². The fourth-order valence-electron chi connectivity index (χ4n) is 3.84. The smallest absolute Gasteiger partial charge is 0.0945 e. The van der Waals surface area contributed by atoms with Crippen molar-refractivity contribution in [3.8, 4) is 0 Å². The van der Waals surface area contributed by atoms with E-state index in [0.717, 1.165) is 25.1 Å². The molecular weight excluding hydrogens is 258 g/mol. The second-order valence-electron chi connectivity index (χ2n) is 6.57. The van der Waals surface area contributed by atoms with Crippen molar-refractivity contribution in [2.75, 3.05) is 13.1 Å². The minimum atomic E-state index is -0.369. The van der Waals surface area contributed by atoms with E-state index in [0.29, 0.717) is 5.41 Å². The molecule has 0 saturated carbocycles. The Kier molecular flexibility index (Phi) is 5.83. The number of hydrogen-bond donors (Lipinski definition) is 1. The van der Waals surface area contributed by atoms with Gasteiger partial charge < -0.3 is 5.11 Å². The van der Waals surface area contributed by atoms with Crippen LogP contribution in [-0.2, 0) is 0 Å². The van der Waals surface area contributed by atoms with E-state index in [4.69, 9.17) is 0 Å². The first-order chi connectivity index (χ1) is 10.2. The molecule has 0 spiro atoms. The highest BCUT2D eigenvalue weighted by atomic mass is 16.3. The molecule has 2 unspecified atom stereocenters. The van der Waals surface area contributed by atoms with Gasteiger partial charge in [-0.3, -0.25) is 4.90 Å². The minimum absolute atomic E-state index is 0.249. The van der Waals surface area contributed by atoms with Gasteiger partial charge in [0, 0.05) is 6.04 Å². The Hall–Kier alpha value is -0.860. The van der Waals surface area contributed by atoms with Crippen LogP contribution < -0.4 is 0 Å². The fraction of sp³-hybridized carbons (Fsp3) is 0.684. The maximum absolute atomic E-state index is 10.7. The minimum Gasteiger partial charge on any atom is -0.387 e. The zero-order chi connectivity index (χ0) is 15.3. The lowest BCUT2D eigenvalue weighted by molar-refractivity contribution is 0.00283. The van der Waals surface area contributed by atoms with Crippen LogP contribution in [-0.4, -0.2) is 29.1 Å². The third kappa shape index (κ3) is 3.67. The van der Waals surface area contributed by atoms with Crippen LogP contribution in [0.4, 0.5) is 0 Å². The maximum atomic E-state index is 10.7. The van der Waals surface area contributed by atoms with E-state index in [2.05, 4.69) is 25.7 Å². The predicted octanol–water partition coefficient (Wildman–Crippen LogP) is 4.40. The van der Waals surface area contributed by atoms with Crippen LogP contribution in [0.2, 0.25) is 0 Å². The van der Waals surface area contributed by atoms with Crippen LogP contribution in [0, 0.1) is 5.41 Å².